The smallest absolute Gasteiger partial charge is 0.417 e. The number of benzene rings is 1. The highest BCUT2D eigenvalue weighted by molar-refractivity contribution is 6.31. The van der Waals surface area contributed by atoms with Crippen molar-refractivity contribution < 1.29 is 27.5 Å². The van der Waals surface area contributed by atoms with Crippen molar-refractivity contribution in [1.29, 1.82) is 0 Å². The van der Waals surface area contributed by atoms with Crippen molar-refractivity contribution >= 4 is 29.3 Å². The molecule has 1 fully saturated rings. The quantitative estimate of drug-likeness (QED) is 0.799. The summed E-state index contributed by atoms with van der Waals surface area (Å²) >= 11 is 5.56. The molecule has 0 saturated carbocycles. The van der Waals surface area contributed by atoms with Crippen LogP contribution in [0.25, 0.3) is 0 Å². The van der Waals surface area contributed by atoms with Gasteiger partial charge in [0.05, 0.1) is 23.7 Å². The Morgan fingerprint density at radius 1 is 1.23 bits per heavy atom. The van der Waals surface area contributed by atoms with Gasteiger partial charge in [-0.15, -0.1) is 0 Å². The predicted molar refractivity (Wildman–Crippen MR) is 90.1 cm³/mol. The molecule has 1 aliphatic heterocycles. The van der Waals surface area contributed by atoms with Crippen LogP contribution in [-0.2, 0) is 15.7 Å². The Kier molecular flexibility index (Phi) is 6.71. The predicted octanol–water partition coefficient (Wildman–Crippen LogP) is 3.07. The van der Waals surface area contributed by atoms with E-state index < -0.39 is 22.8 Å². The van der Waals surface area contributed by atoms with Gasteiger partial charge in [-0.2, -0.15) is 13.2 Å². The highest BCUT2D eigenvalue weighted by Crippen LogP contribution is 2.36. The lowest BCUT2D eigenvalue weighted by atomic mass is 10.2. The average molecular weight is 394 g/mol. The molecule has 0 unspecified atom stereocenters. The van der Waals surface area contributed by atoms with E-state index in [9.17, 15) is 22.8 Å². The summed E-state index contributed by atoms with van der Waals surface area (Å²) in [5, 5.41) is 2.02. The molecule has 0 atom stereocenters. The van der Waals surface area contributed by atoms with Gasteiger partial charge in [0, 0.05) is 31.9 Å². The molecule has 0 bridgehead atoms. The van der Waals surface area contributed by atoms with Crippen molar-refractivity contribution in [1.82, 2.24) is 9.80 Å². The van der Waals surface area contributed by atoms with E-state index in [0.717, 1.165) is 12.1 Å². The molecule has 144 valence electrons. The third-order valence-corrected chi connectivity index (χ3v) is 4.17. The third-order valence-electron chi connectivity index (χ3n) is 3.84. The van der Waals surface area contributed by atoms with Crippen LogP contribution in [0.4, 0.5) is 23.7 Å². The number of ether oxygens (including phenoxy) is 1. The van der Waals surface area contributed by atoms with Crippen LogP contribution in [0.15, 0.2) is 18.2 Å². The molecule has 2 rings (SSSR count). The summed E-state index contributed by atoms with van der Waals surface area (Å²) in [6.07, 6.45) is -4.60. The van der Waals surface area contributed by atoms with Crippen molar-refractivity contribution in [2.75, 3.05) is 44.6 Å². The molecule has 0 aromatic heterocycles. The fourth-order valence-electron chi connectivity index (χ4n) is 2.52. The van der Waals surface area contributed by atoms with E-state index in [0.29, 0.717) is 32.8 Å². The normalized spacial score (nSPS) is 15.7. The van der Waals surface area contributed by atoms with Crippen LogP contribution in [0.1, 0.15) is 12.5 Å². The van der Waals surface area contributed by atoms with Gasteiger partial charge in [0.25, 0.3) is 0 Å². The zero-order chi connectivity index (χ0) is 19.3. The number of halogens is 4. The SMILES string of the molecule is CCOC(=O)CN1CCN(C(=O)Nc2ccc(Cl)c(C(F)(F)F)c2)CC1. The number of rotatable bonds is 4. The van der Waals surface area contributed by atoms with Gasteiger partial charge in [0.15, 0.2) is 0 Å². The van der Waals surface area contributed by atoms with E-state index in [1.807, 2.05) is 4.90 Å². The molecule has 10 heteroatoms. The summed E-state index contributed by atoms with van der Waals surface area (Å²) in [6, 6.07) is 2.71. The maximum Gasteiger partial charge on any atom is 0.417 e. The Hall–Kier alpha value is -2.00. The van der Waals surface area contributed by atoms with Crippen LogP contribution in [0.2, 0.25) is 5.02 Å². The van der Waals surface area contributed by atoms with Crippen LogP contribution in [-0.4, -0.2) is 61.1 Å². The molecule has 0 spiro atoms. The maximum atomic E-state index is 12.9. The Labute approximate surface area is 153 Å². The molecule has 1 aromatic carbocycles. The summed E-state index contributed by atoms with van der Waals surface area (Å²) in [6.45, 7) is 3.83. The molecule has 6 nitrogen and oxygen atoms in total. The second-order valence-electron chi connectivity index (χ2n) is 5.69. The van der Waals surface area contributed by atoms with Gasteiger partial charge in [0.2, 0.25) is 0 Å². The van der Waals surface area contributed by atoms with Crippen LogP contribution in [0.3, 0.4) is 0 Å². The molecular weight excluding hydrogens is 375 g/mol. The third kappa shape index (κ3) is 5.50. The minimum Gasteiger partial charge on any atom is -0.465 e. The Bertz CT molecular complexity index is 662. The van der Waals surface area contributed by atoms with E-state index in [1.165, 1.54) is 11.0 Å². The number of hydrogen-bond donors (Lipinski definition) is 1. The van der Waals surface area contributed by atoms with E-state index in [4.69, 9.17) is 16.3 Å². The van der Waals surface area contributed by atoms with Gasteiger partial charge in [-0.25, -0.2) is 4.79 Å². The van der Waals surface area contributed by atoms with E-state index in [2.05, 4.69) is 5.32 Å². The minimum atomic E-state index is -4.60. The summed E-state index contributed by atoms with van der Waals surface area (Å²) in [5.74, 6) is -0.328. The van der Waals surface area contributed by atoms with E-state index >= 15 is 0 Å². The zero-order valence-electron chi connectivity index (χ0n) is 14.1. The van der Waals surface area contributed by atoms with Crippen LogP contribution >= 0.6 is 11.6 Å². The lowest BCUT2D eigenvalue weighted by Crippen LogP contribution is -2.51. The number of nitrogens with zero attached hydrogens (tertiary/aromatic N) is 2. The lowest BCUT2D eigenvalue weighted by Gasteiger charge is -2.34. The Morgan fingerprint density at radius 3 is 2.46 bits per heavy atom. The average Bonchev–Trinajstić information content (AvgIpc) is 2.56. The maximum absolute atomic E-state index is 12.9. The number of anilines is 1. The number of carbonyl (C=O) groups is 2. The molecular formula is C16H19ClF3N3O3. The van der Waals surface area contributed by atoms with Crippen molar-refractivity contribution in [3.05, 3.63) is 28.8 Å². The molecule has 2 amide bonds. The first-order valence-corrected chi connectivity index (χ1v) is 8.39. The Balaban J connectivity index is 1.91. The van der Waals surface area contributed by atoms with Gasteiger partial charge in [-0.3, -0.25) is 9.69 Å². The van der Waals surface area contributed by atoms with Gasteiger partial charge in [-0.1, -0.05) is 11.6 Å². The highest BCUT2D eigenvalue weighted by atomic mass is 35.5. The second kappa shape index (κ2) is 8.59. The van der Waals surface area contributed by atoms with Gasteiger partial charge in [-0.05, 0) is 25.1 Å². The number of alkyl halides is 3. The first-order chi connectivity index (χ1) is 12.2. The van der Waals surface area contributed by atoms with Crippen LogP contribution in [0, 0.1) is 0 Å². The van der Waals surface area contributed by atoms with Gasteiger partial charge < -0.3 is 15.0 Å². The number of nitrogens with one attached hydrogen (secondary N) is 1. The van der Waals surface area contributed by atoms with Crippen molar-refractivity contribution in [2.45, 2.75) is 13.1 Å². The standard InChI is InChI=1S/C16H19ClF3N3O3/c1-2-26-14(24)10-22-5-7-23(8-6-22)15(25)21-11-3-4-13(17)12(9-11)16(18,19)20/h3-4,9H,2,5-8,10H2,1H3,(H,21,25). The van der Waals surface area contributed by atoms with Gasteiger partial charge in [0.1, 0.15) is 0 Å². The minimum absolute atomic E-state index is 0.0145. The number of esters is 1. The summed E-state index contributed by atoms with van der Waals surface area (Å²) in [7, 11) is 0. The topological polar surface area (TPSA) is 61.9 Å². The number of hydrogen-bond acceptors (Lipinski definition) is 4. The molecule has 1 aromatic rings. The molecule has 1 N–H and O–H groups in total. The van der Waals surface area contributed by atoms with Crippen molar-refractivity contribution in [3.8, 4) is 0 Å². The highest BCUT2D eigenvalue weighted by Gasteiger charge is 2.33. The number of urea groups is 1. The van der Waals surface area contributed by atoms with E-state index in [-0.39, 0.29) is 18.2 Å². The first kappa shape index (κ1) is 20.3. The number of carbonyl (C=O) groups excluding carboxylic acids is 2. The molecule has 1 aliphatic rings. The largest absolute Gasteiger partial charge is 0.465 e. The van der Waals surface area contributed by atoms with Crippen molar-refractivity contribution in [2.24, 2.45) is 0 Å². The Morgan fingerprint density at radius 2 is 1.88 bits per heavy atom. The monoisotopic (exact) mass is 393 g/mol. The first-order valence-electron chi connectivity index (χ1n) is 8.01. The summed E-state index contributed by atoms with van der Waals surface area (Å²) in [5.41, 5.74) is -0.989. The fourth-order valence-corrected chi connectivity index (χ4v) is 2.75. The van der Waals surface area contributed by atoms with Crippen LogP contribution < -0.4 is 5.32 Å². The lowest BCUT2D eigenvalue weighted by molar-refractivity contribution is -0.144. The number of piperazine rings is 1. The molecule has 26 heavy (non-hydrogen) atoms. The fraction of sp³-hybridized carbons (Fsp3) is 0.500. The van der Waals surface area contributed by atoms with Crippen LogP contribution in [0.5, 0.6) is 0 Å². The summed E-state index contributed by atoms with van der Waals surface area (Å²) in [4.78, 5) is 27.0. The molecule has 1 saturated heterocycles. The van der Waals surface area contributed by atoms with Gasteiger partial charge >= 0.3 is 18.2 Å². The number of amides is 2. The zero-order valence-corrected chi connectivity index (χ0v) is 14.9. The van der Waals surface area contributed by atoms with Crippen molar-refractivity contribution in [3.63, 3.8) is 0 Å². The summed E-state index contributed by atoms with van der Waals surface area (Å²) < 4.78 is 43.5. The molecule has 0 aliphatic carbocycles. The second-order valence-corrected chi connectivity index (χ2v) is 6.10. The molecule has 1 heterocycles. The van der Waals surface area contributed by atoms with E-state index in [1.54, 1.807) is 6.92 Å². The molecule has 0 radical (unpaired) electrons.